The summed E-state index contributed by atoms with van der Waals surface area (Å²) in [5.41, 5.74) is 8.24. The fourth-order valence-electron chi connectivity index (χ4n) is 0.654. The fourth-order valence-corrected chi connectivity index (χ4v) is 1.36. The van der Waals surface area contributed by atoms with Crippen molar-refractivity contribution in [3.05, 3.63) is 22.1 Å². The molecule has 0 rings (SSSR count). The number of halogens is 1. The highest BCUT2D eigenvalue weighted by Crippen LogP contribution is 2.20. The van der Waals surface area contributed by atoms with E-state index in [4.69, 9.17) is 26.8 Å². The zero-order valence-corrected chi connectivity index (χ0v) is 9.81. The molecule has 2 unspecified atom stereocenters. The molecule has 0 aliphatic carbocycles. The molecule has 0 amide bonds. The highest BCUT2D eigenvalue weighted by Gasteiger charge is 2.07. The first-order chi connectivity index (χ1) is 7.11. The summed E-state index contributed by atoms with van der Waals surface area (Å²) in [6.07, 6.45) is 1.58. The predicted octanol–water partition coefficient (Wildman–Crippen LogP) is 2.85. The Kier molecular flexibility index (Phi) is 8.05. The third-order valence-electron chi connectivity index (χ3n) is 1.50. The van der Waals surface area contributed by atoms with Crippen molar-refractivity contribution in [3.8, 4) is 0 Å². The zero-order chi connectivity index (χ0) is 11.7. The molecule has 0 aromatic heterocycles. The van der Waals surface area contributed by atoms with E-state index in [2.05, 4.69) is 9.80 Å². The summed E-state index contributed by atoms with van der Waals surface area (Å²) in [5, 5.41) is 8.57. The second kappa shape index (κ2) is 8.50. The van der Waals surface area contributed by atoms with Crippen molar-refractivity contribution in [2.75, 3.05) is 5.88 Å². The second-order valence-corrected chi connectivity index (χ2v) is 3.53. The molecule has 0 aliphatic rings. The van der Waals surface area contributed by atoms with Gasteiger partial charge < -0.3 is 9.63 Å². The molecular formula is C7H11ClN3O3P. The normalized spacial score (nSPS) is 13.9. The minimum absolute atomic E-state index is 0.220. The average Bonchev–Trinajstić information content (AvgIpc) is 2.22. The molecule has 8 heteroatoms. The first-order valence-corrected chi connectivity index (χ1v) is 5.41. The van der Waals surface area contributed by atoms with Gasteiger partial charge in [0.15, 0.2) is 0 Å². The second-order valence-electron chi connectivity index (χ2n) is 2.60. The van der Waals surface area contributed by atoms with Gasteiger partial charge in [-0.05, 0) is 23.8 Å². The molecule has 0 bridgehead atoms. The van der Waals surface area contributed by atoms with Crippen LogP contribution >= 0.6 is 20.6 Å². The maximum absolute atomic E-state index is 10.5. The molecule has 0 aromatic carbocycles. The van der Waals surface area contributed by atoms with E-state index in [1.54, 1.807) is 0 Å². The Hall–Kier alpha value is -0.800. The summed E-state index contributed by atoms with van der Waals surface area (Å²) in [6, 6.07) is 0. The van der Waals surface area contributed by atoms with Crippen LogP contribution in [0.2, 0.25) is 0 Å². The van der Waals surface area contributed by atoms with Crippen molar-refractivity contribution in [1.29, 1.82) is 0 Å². The molecule has 0 aromatic rings. The Morgan fingerprint density at radius 3 is 3.00 bits per heavy atom. The first kappa shape index (κ1) is 14.2. The number of azide groups is 1. The standard InChI is InChI=1S/C7H11ClN3O3P/c1-5(7(12)13)2-3-6(4-8)14-15-11-10-9/h2,6,15H,3-4H2,1H3,(H,12,13). The number of carboxylic acids is 1. The quantitative estimate of drug-likeness (QED) is 0.188. The van der Waals surface area contributed by atoms with Gasteiger partial charge in [0, 0.05) is 16.4 Å². The highest BCUT2D eigenvalue weighted by molar-refractivity contribution is 7.30. The largest absolute Gasteiger partial charge is 0.478 e. The number of alkyl halides is 1. The maximum atomic E-state index is 10.5. The summed E-state index contributed by atoms with van der Waals surface area (Å²) < 4.78 is 5.10. The summed E-state index contributed by atoms with van der Waals surface area (Å²) in [5.74, 6) is -0.752. The van der Waals surface area contributed by atoms with E-state index in [9.17, 15) is 4.79 Å². The molecule has 84 valence electrons. The van der Waals surface area contributed by atoms with Crippen LogP contribution in [0.25, 0.3) is 10.4 Å². The van der Waals surface area contributed by atoms with Crippen molar-refractivity contribution in [2.45, 2.75) is 19.4 Å². The molecule has 0 saturated carbocycles. The third-order valence-corrected chi connectivity index (χ3v) is 2.46. The van der Waals surface area contributed by atoms with Crippen LogP contribution in [0, 0.1) is 0 Å². The number of carbonyl (C=O) groups is 1. The molecule has 6 nitrogen and oxygen atoms in total. The van der Waals surface area contributed by atoms with Crippen molar-refractivity contribution in [1.82, 2.24) is 0 Å². The topological polar surface area (TPSA) is 95.3 Å². The van der Waals surface area contributed by atoms with E-state index < -0.39 is 5.97 Å². The van der Waals surface area contributed by atoms with E-state index in [0.717, 1.165) is 0 Å². The molecule has 0 spiro atoms. The molecule has 0 aliphatic heterocycles. The van der Waals surface area contributed by atoms with Crippen LogP contribution in [-0.4, -0.2) is 23.1 Å². The number of hydrogen-bond donors (Lipinski definition) is 1. The van der Waals surface area contributed by atoms with Gasteiger partial charge in [0.2, 0.25) is 0 Å². The van der Waals surface area contributed by atoms with Gasteiger partial charge in [-0.25, -0.2) is 4.79 Å². The Labute approximate surface area is 93.8 Å². The minimum Gasteiger partial charge on any atom is -0.478 e. The van der Waals surface area contributed by atoms with Gasteiger partial charge in [-0.1, -0.05) is 6.08 Å². The molecule has 0 radical (unpaired) electrons. The molecule has 0 saturated heterocycles. The van der Waals surface area contributed by atoms with Crippen LogP contribution in [0.4, 0.5) is 0 Å². The highest BCUT2D eigenvalue weighted by atomic mass is 35.5. The lowest BCUT2D eigenvalue weighted by Crippen LogP contribution is -2.09. The molecule has 2 atom stereocenters. The van der Waals surface area contributed by atoms with Gasteiger partial charge in [-0.15, -0.1) is 11.6 Å². The number of aliphatic carboxylic acids is 1. The fraction of sp³-hybridized carbons (Fsp3) is 0.571. The zero-order valence-electron chi connectivity index (χ0n) is 8.05. The predicted molar refractivity (Wildman–Crippen MR) is 59.1 cm³/mol. The van der Waals surface area contributed by atoms with Gasteiger partial charge in [0.25, 0.3) is 0 Å². The lowest BCUT2D eigenvalue weighted by atomic mass is 10.2. The monoisotopic (exact) mass is 251 g/mol. The summed E-state index contributed by atoms with van der Waals surface area (Å²) >= 11 is 5.58. The SMILES string of the molecule is CC(=CCC(CCl)OPN=[N+]=[N-])C(=O)O. The Morgan fingerprint density at radius 1 is 1.87 bits per heavy atom. The van der Waals surface area contributed by atoms with Crippen molar-refractivity contribution in [2.24, 2.45) is 4.88 Å². The van der Waals surface area contributed by atoms with Gasteiger partial charge in [0.05, 0.1) is 6.10 Å². The van der Waals surface area contributed by atoms with E-state index in [1.807, 2.05) is 0 Å². The van der Waals surface area contributed by atoms with Gasteiger partial charge in [-0.2, -0.15) is 0 Å². The van der Waals surface area contributed by atoms with E-state index in [1.165, 1.54) is 13.0 Å². The summed E-state index contributed by atoms with van der Waals surface area (Å²) in [6.45, 7) is 1.49. The Bertz CT molecular complexity index is 291. The van der Waals surface area contributed by atoms with Crippen molar-refractivity contribution >= 4 is 26.5 Å². The van der Waals surface area contributed by atoms with Crippen LogP contribution in [0.3, 0.4) is 0 Å². The van der Waals surface area contributed by atoms with Crippen LogP contribution < -0.4 is 0 Å². The number of rotatable bonds is 7. The first-order valence-electron chi connectivity index (χ1n) is 4.02. The molecule has 0 heterocycles. The van der Waals surface area contributed by atoms with Crippen LogP contribution in [0.1, 0.15) is 13.3 Å². The summed E-state index contributed by atoms with van der Waals surface area (Å²) in [7, 11) is -0.336. The Balaban J connectivity index is 4.04. The van der Waals surface area contributed by atoms with Crippen molar-refractivity contribution in [3.63, 3.8) is 0 Å². The van der Waals surface area contributed by atoms with Crippen molar-refractivity contribution < 1.29 is 14.4 Å². The minimum atomic E-state index is -0.971. The van der Waals surface area contributed by atoms with Crippen LogP contribution in [0.15, 0.2) is 16.5 Å². The Morgan fingerprint density at radius 2 is 2.53 bits per heavy atom. The number of carboxylic acid groups (broad SMARTS) is 1. The van der Waals surface area contributed by atoms with Crippen LogP contribution in [0.5, 0.6) is 0 Å². The maximum Gasteiger partial charge on any atom is 0.330 e. The smallest absolute Gasteiger partial charge is 0.330 e. The average molecular weight is 252 g/mol. The number of nitrogens with zero attached hydrogens (tertiary/aromatic N) is 3. The van der Waals surface area contributed by atoms with E-state index in [-0.39, 0.29) is 26.5 Å². The molecular weight excluding hydrogens is 241 g/mol. The van der Waals surface area contributed by atoms with E-state index in [0.29, 0.717) is 6.42 Å². The van der Waals surface area contributed by atoms with Gasteiger partial charge in [0.1, 0.15) is 8.96 Å². The van der Waals surface area contributed by atoms with Gasteiger partial charge >= 0.3 is 5.97 Å². The third kappa shape index (κ3) is 7.17. The lowest BCUT2D eigenvalue weighted by Gasteiger charge is -2.10. The van der Waals surface area contributed by atoms with Crippen LogP contribution in [-0.2, 0) is 9.32 Å². The molecule has 15 heavy (non-hydrogen) atoms. The molecule has 0 fully saturated rings. The van der Waals surface area contributed by atoms with Gasteiger partial charge in [-0.3, -0.25) is 0 Å². The number of hydrogen-bond acceptors (Lipinski definition) is 3. The molecule has 1 N–H and O–H groups in total. The van der Waals surface area contributed by atoms with E-state index >= 15 is 0 Å². The summed E-state index contributed by atoms with van der Waals surface area (Å²) in [4.78, 5) is 16.2. The lowest BCUT2D eigenvalue weighted by molar-refractivity contribution is -0.132.